The molecule has 3 aromatic rings. The zero-order valence-electron chi connectivity index (χ0n) is 14.5. The number of amides is 1. The van der Waals surface area contributed by atoms with Gasteiger partial charge in [0.05, 0.1) is 5.69 Å². The third-order valence-electron chi connectivity index (χ3n) is 4.16. The first kappa shape index (κ1) is 16.2. The van der Waals surface area contributed by atoms with E-state index in [1.54, 1.807) is 0 Å². The van der Waals surface area contributed by atoms with E-state index >= 15 is 0 Å². The number of benzene rings is 1. The van der Waals surface area contributed by atoms with Crippen LogP contribution in [-0.2, 0) is 6.54 Å². The van der Waals surface area contributed by atoms with E-state index < -0.39 is 0 Å². The lowest BCUT2D eigenvalue weighted by atomic mass is 10.1. The molecule has 124 valence electrons. The van der Waals surface area contributed by atoms with Gasteiger partial charge in [-0.15, -0.1) is 0 Å². The first-order chi connectivity index (χ1) is 11.5. The maximum Gasteiger partial charge on any atom is 0.276 e. The van der Waals surface area contributed by atoms with Crippen LogP contribution in [0.3, 0.4) is 0 Å². The number of aryl methyl sites for hydroxylation is 1. The van der Waals surface area contributed by atoms with Gasteiger partial charge in [0.2, 0.25) is 0 Å². The van der Waals surface area contributed by atoms with E-state index in [0.717, 1.165) is 28.2 Å². The third-order valence-corrected chi connectivity index (χ3v) is 4.16. The molecule has 0 fully saturated rings. The van der Waals surface area contributed by atoms with Crippen molar-refractivity contribution >= 4 is 17.2 Å². The number of nitrogens with one attached hydrogen (secondary N) is 1. The molecule has 2 aromatic heterocycles. The van der Waals surface area contributed by atoms with Crippen molar-refractivity contribution in [3.63, 3.8) is 0 Å². The molecule has 0 bridgehead atoms. The minimum Gasteiger partial charge on any atom is -0.320 e. The molecule has 1 N–H and O–H groups in total. The summed E-state index contributed by atoms with van der Waals surface area (Å²) < 4.78 is 1.97. The molecule has 24 heavy (non-hydrogen) atoms. The summed E-state index contributed by atoms with van der Waals surface area (Å²) in [6, 6.07) is 11.7. The number of hydrogen-bond donors (Lipinski definition) is 1. The van der Waals surface area contributed by atoms with Gasteiger partial charge in [-0.25, -0.2) is 4.98 Å². The summed E-state index contributed by atoms with van der Waals surface area (Å²) in [6.45, 7) is 4.68. The molecule has 0 radical (unpaired) electrons. The SMILES string of the molecule is Cc1cccc(NC(=O)c2nc3ccccn3c2CN(C)C)c1C. The molecule has 0 aliphatic rings. The zero-order valence-corrected chi connectivity index (χ0v) is 14.5. The van der Waals surface area contributed by atoms with Gasteiger partial charge in [0, 0.05) is 18.4 Å². The Morgan fingerprint density at radius 3 is 2.71 bits per heavy atom. The molecule has 0 unspecified atom stereocenters. The van der Waals surface area contributed by atoms with Crippen molar-refractivity contribution < 1.29 is 4.79 Å². The van der Waals surface area contributed by atoms with Gasteiger partial charge in [-0.2, -0.15) is 0 Å². The number of rotatable bonds is 4. The van der Waals surface area contributed by atoms with Crippen LogP contribution in [0.5, 0.6) is 0 Å². The molecule has 0 atom stereocenters. The molecular formula is C19H22N4O. The number of carbonyl (C=O) groups is 1. The predicted molar refractivity (Wildman–Crippen MR) is 96.5 cm³/mol. The highest BCUT2D eigenvalue weighted by atomic mass is 16.1. The van der Waals surface area contributed by atoms with Gasteiger partial charge in [0.1, 0.15) is 5.65 Å². The first-order valence-electron chi connectivity index (χ1n) is 7.95. The number of imidazole rings is 1. The Morgan fingerprint density at radius 1 is 1.17 bits per heavy atom. The van der Waals surface area contributed by atoms with Gasteiger partial charge in [-0.05, 0) is 57.3 Å². The standard InChI is InChI=1S/C19H22N4O/c1-13-8-7-9-15(14(13)2)20-19(24)18-16(12-22(3)4)23-11-6-5-10-17(23)21-18/h5-11H,12H2,1-4H3,(H,20,24). The van der Waals surface area contributed by atoms with Gasteiger partial charge < -0.3 is 14.6 Å². The van der Waals surface area contributed by atoms with Gasteiger partial charge in [0.15, 0.2) is 5.69 Å². The Bertz CT molecular complexity index is 896. The van der Waals surface area contributed by atoms with Crippen LogP contribution in [0, 0.1) is 13.8 Å². The minimum atomic E-state index is -0.177. The van der Waals surface area contributed by atoms with E-state index in [-0.39, 0.29) is 5.91 Å². The fraction of sp³-hybridized carbons (Fsp3) is 0.263. The molecule has 0 aliphatic heterocycles. The summed E-state index contributed by atoms with van der Waals surface area (Å²) in [5.74, 6) is -0.177. The van der Waals surface area contributed by atoms with Crippen LogP contribution in [0.25, 0.3) is 5.65 Å². The summed E-state index contributed by atoms with van der Waals surface area (Å²) in [7, 11) is 3.96. The van der Waals surface area contributed by atoms with Gasteiger partial charge in [-0.1, -0.05) is 18.2 Å². The van der Waals surface area contributed by atoms with Gasteiger partial charge in [-0.3, -0.25) is 4.79 Å². The van der Waals surface area contributed by atoms with E-state index in [0.29, 0.717) is 12.2 Å². The topological polar surface area (TPSA) is 49.6 Å². The zero-order chi connectivity index (χ0) is 17.3. The first-order valence-corrected chi connectivity index (χ1v) is 7.95. The molecule has 3 rings (SSSR count). The van der Waals surface area contributed by atoms with Crippen molar-refractivity contribution in [1.82, 2.24) is 14.3 Å². The van der Waals surface area contributed by atoms with Crippen LogP contribution in [-0.4, -0.2) is 34.3 Å². The molecule has 0 saturated carbocycles. The molecular weight excluding hydrogens is 300 g/mol. The smallest absolute Gasteiger partial charge is 0.276 e. The Morgan fingerprint density at radius 2 is 1.96 bits per heavy atom. The quantitative estimate of drug-likeness (QED) is 0.802. The lowest BCUT2D eigenvalue weighted by Gasteiger charge is -2.12. The second-order valence-corrected chi connectivity index (χ2v) is 6.28. The Kier molecular flexibility index (Phi) is 4.36. The second kappa shape index (κ2) is 6.45. The van der Waals surface area contributed by atoms with Crippen molar-refractivity contribution in [3.8, 4) is 0 Å². The highest BCUT2D eigenvalue weighted by Crippen LogP contribution is 2.20. The highest BCUT2D eigenvalue weighted by Gasteiger charge is 2.20. The molecule has 1 amide bonds. The van der Waals surface area contributed by atoms with E-state index in [9.17, 15) is 4.79 Å². The largest absolute Gasteiger partial charge is 0.320 e. The van der Waals surface area contributed by atoms with Gasteiger partial charge >= 0.3 is 0 Å². The third kappa shape index (κ3) is 3.03. The van der Waals surface area contributed by atoms with Crippen LogP contribution in [0.1, 0.15) is 27.3 Å². The number of nitrogens with zero attached hydrogens (tertiary/aromatic N) is 3. The van der Waals surface area contributed by atoms with Crippen molar-refractivity contribution in [2.45, 2.75) is 20.4 Å². The lowest BCUT2D eigenvalue weighted by Crippen LogP contribution is -2.19. The van der Waals surface area contributed by atoms with Crippen molar-refractivity contribution in [2.75, 3.05) is 19.4 Å². The summed E-state index contributed by atoms with van der Waals surface area (Å²) >= 11 is 0. The number of hydrogen-bond acceptors (Lipinski definition) is 3. The molecule has 0 saturated heterocycles. The Hall–Kier alpha value is -2.66. The van der Waals surface area contributed by atoms with Gasteiger partial charge in [0.25, 0.3) is 5.91 Å². The summed E-state index contributed by atoms with van der Waals surface area (Å²) in [5.41, 5.74) is 5.18. The van der Waals surface area contributed by atoms with Crippen LogP contribution in [0.2, 0.25) is 0 Å². The van der Waals surface area contributed by atoms with E-state index in [1.165, 1.54) is 0 Å². The molecule has 1 aromatic carbocycles. The maximum absolute atomic E-state index is 12.8. The fourth-order valence-electron chi connectivity index (χ4n) is 2.75. The highest BCUT2D eigenvalue weighted by molar-refractivity contribution is 6.04. The number of fused-ring (bicyclic) bond motifs is 1. The van der Waals surface area contributed by atoms with E-state index in [4.69, 9.17) is 0 Å². The van der Waals surface area contributed by atoms with Crippen molar-refractivity contribution in [2.24, 2.45) is 0 Å². The summed E-state index contributed by atoms with van der Waals surface area (Å²) in [5, 5.41) is 3.01. The second-order valence-electron chi connectivity index (χ2n) is 6.28. The normalized spacial score (nSPS) is 11.2. The minimum absolute atomic E-state index is 0.177. The number of aromatic nitrogens is 2. The van der Waals surface area contributed by atoms with E-state index in [2.05, 4.69) is 10.3 Å². The molecule has 2 heterocycles. The number of pyridine rings is 1. The summed E-state index contributed by atoms with van der Waals surface area (Å²) in [4.78, 5) is 19.4. The molecule has 0 spiro atoms. The predicted octanol–water partition coefficient (Wildman–Crippen LogP) is 3.27. The fourth-order valence-corrected chi connectivity index (χ4v) is 2.75. The Labute approximate surface area is 141 Å². The monoisotopic (exact) mass is 322 g/mol. The van der Waals surface area contributed by atoms with Crippen molar-refractivity contribution in [3.05, 3.63) is 65.1 Å². The average Bonchev–Trinajstić information content (AvgIpc) is 2.90. The summed E-state index contributed by atoms with van der Waals surface area (Å²) in [6.07, 6.45) is 1.94. The average molecular weight is 322 g/mol. The van der Waals surface area contributed by atoms with E-state index in [1.807, 2.05) is 79.8 Å². The van der Waals surface area contributed by atoms with Crippen molar-refractivity contribution in [1.29, 1.82) is 0 Å². The number of anilines is 1. The number of carbonyl (C=O) groups excluding carboxylic acids is 1. The van der Waals surface area contributed by atoms with Crippen LogP contribution in [0.4, 0.5) is 5.69 Å². The van der Waals surface area contributed by atoms with Crippen LogP contribution >= 0.6 is 0 Å². The molecule has 5 nitrogen and oxygen atoms in total. The van der Waals surface area contributed by atoms with Crippen LogP contribution < -0.4 is 5.32 Å². The molecule has 0 aliphatic carbocycles. The Balaban J connectivity index is 2.01. The molecule has 5 heteroatoms. The maximum atomic E-state index is 12.8. The lowest BCUT2D eigenvalue weighted by molar-refractivity contribution is 0.102. The van der Waals surface area contributed by atoms with Crippen LogP contribution in [0.15, 0.2) is 42.6 Å².